The number of pyridine rings is 1. The van der Waals surface area contributed by atoms with Crippen LogP contribution in [0, 0.1) is 5.92 Å². The molecule has 1 aromatic rings. The fourth-order valence-corrected chi connectivity index (χ4v) is 2.97. The lowest BCUT2D eigenvalue weighted by Crippen LogP contribution is -2.44. The van der Waals surface area contributed by atoms with Gasteiger partial charge in [-0.1, -0.05) is 6.07 Å². The SMILES string of the molecule is CC(C)(C)OC(=O)NCCNC(=O)C1CCCN(Cc2cccnc2)C1. The molecule has 2 N–H and O–H groups in total. The monoisotopic (exact) mass is 362 g/mol. The van der Waals surface area contributed by atoms with Crippen LogP contribution in [0.1, 0.15) is 39.2 Å². The van der Waals surface area contributed by atoms with Gasteiger partial charge in [-0.3, -0.25) is 14.7 Å². The Balaban J connectivity index is 1.68. The Morgan fingerprint density at radius 3 is 2.77 bits per heavy atom. The second kappa shape index (κ2) is 9.52. The number of rotatable bonds is 6. The first-order valence-electron chi connectivity index (χ1n) is 9.19. The molecule has 1 unspecified atom stereocenters. The van der Waals surface area contributed by atoms with Gasteiger partial charge in [-0.05, 0) is 51.8 Å². The summed E-state index contributed by atoms with van der Waals surface area (Å²) in [7, 11) is 0. The number of hydrogen-bond acceptors (Lipinski definition) is 5. The normalized spacial score (nSPS) is 18.2. The number of alkyl carbamates (subject to hydrolysis) is 1. The van der Waals surface area contributed by atoms with E-state index in [-0.39, 0.29) is 11.8 Å². The molecular weight excluding hydrogens is 332 g/mol. The second-order valence-electron chi connectivity index (χ2n) is 7.66. The Kier molecular flexibility index (Phi) is 7.38. The number of amides is 2. The van der Waals surface area contributed by atoms with Crippen LogP contribution < -0.4 is 10.6 Å². The minimum atomic E-state index is -0.521. The van der Waals surface area contributed by atoms with Crippen molar-refractivity contribution < 1.29 is 14.3 Å². The summed E-state index contributed by atoms with van der Waals surface area (Å²) < 4.78 is 5.16. The molecule has 1 aliphatic rings. The van der Waals surface area contributed by atoms with Gasteiger partial charge in [0.05, 0.1) is 5.92 Å². The third-order valence-corrected chi connectivity index (χ3v) is 4.10. The second-order valence-corrected chi connectivity index (χ2v) is 7.66. The number of carbonyl (C=O) groups is 2. The fourth-order valence-electron chi connectivity index (χ4n) is 2.97. The Labute approximate surface area is 155 Å². The van der Waals surface area contributed by atoms with Gasteiger partial charge in [0.15, 0.2) is 0 Å². The highest BCUT2D eigenvalue weighted by atomic mass is 16.6. The van der Waals surface area contributed by atoms with E-state index < -0.39 is 11.7 Å². The molecular formula is C19H30N4O3. The van der Waals surface area contributed by atoms with Gasteiger partial charge in [-0.2, -0.15) is 0 Å². The Morgan fingerprint density at radius 2 is 2.08 bits per heavy atom. The molecule has 144 valence electrons. The maximum absolute atomic E-state index is 12.4. The molecule has 0 bridgehead atoms. The summed E-state index contributed by atoms with van der Waals surface area (Å²) in [6.45, 7) is 8.76. The maximum atomic E-state index is 12.4. The van der Waals surface area contributed by atoms with E-state index in [2.05, 4.69) is 26.6 Å². The average Bonchev–Trinajstić information content (AvgIpc) is 2.58. The zero-order valence-electron chi connectivity index (χ0n) is 16.0. The predicted octanol–water partition coefficient (Wildman–Crippen LogP) is 1.93. The Bertz CT molecular complexity index is 586. The molecule has 0 aliphatic carbocycles. The minimum absolute atomic E-state index is 0.0121. The summed E-state index contributed by atoms with van der Waals surface area (Å²) >= 11 is 0. The predicted molar refractivity (Wildman–Crippen MR) is 99.5 cm³/mol. The molecule has 0 radical (unpaired) electrons. The Morgan fingerprint density at radius 1 is 1.31 bits per heavy atom. The first-order chi connectivity index (χ1) is 12.3. The first-order valence-corrected chi connectivity index (χ1v) is 9.19. The number of piperidine rings is 1. The fraction of sp³-hybridized carbons (Fsp3) is 0.632. The van der Waals surface area contributed by atoms with Crippen molar-refractivity contribution in [2.75, 3.05) is 26.2 Å². The van der Waals surface area contributed by atoms with Crippen molar-refractivity contribution >= 4 is 12.0 Å². The van der Waals surface area contributed by atoms with Crippen molar-refractivity contribution in [1.82, 2.24) is 20.5 Å². The molecule has 7 nitrogen and oxygen atoms in total. The maximum Gasteiger partial charge on any atom is 0.407 e. The number of likely N-dealkylation sites (tertiary alicyclic amines) is 1. The summed E-state index contributed by atoms with van der Waals surface area (Å²) in [4.78, 5) is 30.4. The van der Waals surface area contributed by atoms with E-state index in [4.69, 9.17) is 4.74 Å². The van der Waals surface area contributed by atoms with Gasteiger partial charge in [0.2, 0.25) is 5.91 Å². The summed E-state index contributed by atoms with van der Waals surface area (Å²) in [5.41, 5.74) is 0.641. The number of carbonyl (C=O) groups excluding carboxylic acids is 2. The number of hydrogen-bond donors (Lipinski definition) is 2. The molecule has 1 aromatic heterocycles. The number of aromatic nitrogens is 1. The van der Waals surface area contributed by atoms with Crippen molar-refractivity contribution in [2.24, 2.45) is 5.92 Å². The van der Waals surface area contributed by atoms with Gasteiger partial charge in [0.25, 0.3) is 0 Å². The summed E-state index contributed by atoms with van der Waals surface area (Å²) in [6.07, 6.45) is 5.07. The van der Waals surface area contributed by atoms with Crippen LogP contribution in [0.4, 0.5) is 4.79 Å². The van der Waals surface area contributed by atoms with Crippen LogP contribution in [0.2, 0.25) is 0 Å². The molecule has 1 atom stereocenters. The van der Waals surface area contributed by atoms with Gasteiger partial charge in [0.1, 0.15) is 5.60 Å². The quantitative estimate of drug-likeness (QED) is 0.756. The highest BCUT2D eigenvalue weighted by molar-refractivity contribution is 5.79. The van der Waals surface area contributed by atoms with E-state index in [9.17, 15) is 9.59 Å². The summed E-state index contributed by atoms with van der Waals surface area (Å²) in [5, 5.41) is 5.55. The third-order valence-electron chi connectivity index (χ3n) is 4.10. The number of nitrogens with zero attached hydrogens (tertiary/aromatic N) is 2. The van der Waals surface area contributed by atoms with Crippen molar-refractivity contribution in [2.45, 2.75) is 45.8 Å². The van der Waals surface area contributed by atoms with E-state index in [0.29, 0.717) is 13.1 Å². The molecule has 2 heterocycles. The van der Waals surface area contributed by atoms with Gasteiger partial charge < -0.3 is 15.4 Å². The van der Waals surface area contributed by atoms with Crippen molar-refractivity contribution in [1.29, 1.82) is 0 Å². The molecule has 0 spiro atoms. The molecule has 2 rings (SSSR count). The molecule has 2 amide bonds. The lowest BCUT2D eigenvalue weighted by molar-refractivity contribution is -0.126. The van der Waals surface area contributed by atoms with Crippen LogP contribution >= 0.6 is 0 Å². The topological polar surface area (TPSA) is 83.6 Å². The highest BCUT2D eigenvalue weighted by Crippen LogP contribution is 2.18. The van der Waals surface area contributed by atoms with E-state index >= 15 is 0 Å². The summed E-state index contributed by atoms with van der Waals surface area (Å²) in [5.74, 6) is 0.0359. The number of ether oxygens (including phenoxy) is 1. The zero-order valence-corrected chi connectivity index (χ0v) is 16.0. The molecule has 7 heteroatoms. The Hall–Kier alpha value is -2.15. The third kappa shape index (κ3) is 7.39. The molecule has 1 aliphatic heterocycles. The minimum Gasteiger partial charge on any atom is -0.444 e. The first kappa shape index (κ1) is 20.2. The average molecular weight is 362 g/mol. The molecule has 26 heavy (non-hydrogen) atoms. The molecule has 1 fully saturated rings. The van der Waals surface area contributed by atoms with Crippen LogP contribution in [0.25, 0.3) is 0 Å². The lowest BCUT2D eigenvalue weighted by atomic mass is 9.97. The van der Waals surface area contributed by atoms with Crippen molar-refractivity contribution in [3.8, 4) is 0 Å². The standard InChI is InChI=1S/C19H30N4O3/c1-19(2,3)26-18(25)22-10-9-21-17(24)16-7-5-11-23(14-16)13-15-6-4-8-20-12-15/h4,6,8,12,16H,5,7,9-11,13-14H2,1-3H3,(H,21,24)(H,22,25). The van der Waals surface area contributed by atoms with Gasteiger partial charge in [0, 0.05) is 38.6 Å². The van der Waals surface area contributed by atoms with Gasteiger partial charge >= 0.3 is 6.09 Å². The van der Waals surface area contributed by atoms with E-state index in [1.54, 1.807) is 6.20 Å². The largest absolute Gasteiger partial charge is 0.444 e. The molecule has 0 saturated carbocycles. The molecule has 0 aromatic carbocycles. The smallest absolute Gasteiger partial charge is 0.407 e. The van der Waals surface area contributed by atoms with Crippen molar-refractivity contribution in [3.63, 3.8) is 0 Å². The number of nitrogens with one attached hydrogen (secondary N) is 2. The van der Waals surface area contributed by atoms with Crippen LogP contribution in [-0.2, 0) is 16.1 Å². The van der Waals surface area contributed by atoms with E-state index in [0.717, 1.165) is 38.0 Å². The van der Waals surface area contributed by atoms with Gasteiger partial charge in [-0.25, -0.2) is 4.79 Å². The van der Waals surface area contributed by atoms with E-state index in [1.165, 1.54) is 0 Å². The molecule has 1 saturated heterocycles. The van der Waals surface area contributed by atoms with Crippen LogP contribution in [0.5, 0.6) is 0 Å². The van der Waals surface area contributed by atoms with Crippen LogP contribution in [-0.4, -0.2) is 53.7 Å². The van der Waals surface area contributed by atoms with Crippen molar-refractivity contribution in [3.05, 3.63) is 30.1 Å². The lowest BCUT2D eigenvalue weighted by Gasteiger charge is -2.32. The summed E-state index contributed by atoms with van der Waals surface area (Å²) in [6, 6.07) is 3.99. The van der Waals surface area contributed by atoms with Crippen LogP contribution in [0.3, 0.4) is 0 Å². The van der Waals surface area contributed by atoms with Crippen LogP contribution in [0.15, 0.2) is 24.5 Å². The zero-order chi connectivity index (χ0) is 19.0. The highest BCUT2D eigenvalue weighted by Gasteiger charge is 2.25. The van der Waals surface area contributed by atoms with Gasteiger partial charge in [-0.15, -0.1) is 0 Å². The van der Waals surface area contributed by atoms with E-state index in [1.807, 2.05) is 33.0 Å².